The van der Waals surface area contributed by atoms with Crippen LogP contribution in [0.2, 0.25) is 0 Å². The van der Waals surface area contributed by atoms with Crippen LogP contribution in [0.4, 0.5) is 0 Å². The van der Waals surface area contributed by atoms with E-state index in [1.807, 2.05) is 78.9 Å². The topological polar surface area (TPSA) is 60.7 Å². The second-order valence-electron chi connectivity index (χ2n) is 7.42. The van der Waals surface area contributed by atoms with Gasteiger partial charge < -0.3 is 18.9 Å². The van der Waals surface area contributed by atoms with Crippen molar-refractivity contribution in [2.45, 2.75) is 12.0 Å². The highest BCUT2D eigenvalue weighted by Crippen LogP contribution is 2.42. The summed E-state index contributed by atoms with van der Waals surface area (Å²) in [5, 5.41) is 9.68. The van der Waals surface area contributed by atoms with Crippen molar-refractivity contribution < 1.29 is 18.9 Å². The quantitative estimate of drug-likeness (QED) is 0.391. The molecule has 0 aliphatic carbocycles. The lowest BCUT2D eigenvalue weighted by Crippen LogP contribution is -2.34. The first-order chi connectivity index (χ1) is 15.7. The molecule has 0 spiro atoms. The van der Waals surface area contributed by atoms with Gasteiger partial charge in [-0.15, -0.1) is 0 Å². The Labute approximate surface area is 190 Å². The Balaban J connectivity index is 2.15. The van der Waals surface area contributed by atoms with E-state index in [-0.39, 0.29) is 12.5 Å². The maximum absolute atomic E-state index is 9.68. The van der Waals surface area contributed by atoms with Gasteiger partial charge in [0.1, 0.15) is 17.1 Å². The maximum Gasteiger partial charge on any atom is 0.143 e. The van der Waals surface area contributed by atoms with E-state index in [4.69, 9.17) is 18.9 Å². The van der Waals surface area contributed by atoms with Gasteiger partial charge in [0.15, 0.2) is 0 Å². The van der Waals surface area contributed by atoms with E-state index in [0.29, 0.717) is 13.0 Å². The zero-order valence-corrected chi connectivity index (χ0v) is 18.8. The summed E-state index contributed by atoms with van der Waals surface area (Å²) in [5.74, 6) is 1.23. The van der Waals surface area contributed by atoms with Crippen molar-refractivity contribution in [3.63, 3.8) is 0 Å². The van der Waals surface area contributed by atoms with Crippen LogP contribution in [0.3, 0.4) is 0 Å². The minimum absolute atomic E-state index is 0.257. The molecule has 0 heterocycles. The lowest BCUT2D eigenvalue weighted by molar-refractivity contribution is -0.00384. The van der Waals surface area contributed by atoms with E-state index in [0.717, 1.165) is 28.2 Å². The van der Waals surface area contributed by atoms with Crippen LogP contribution in [0, 0.1) is 17.2 Å². The molecule has 0 aliphatic heterocycles. The zero-order valence-electron chi connectivity index (χ0n) is 18.8. The molecule has 5 heteroatoms. The summed E-state index contributed by atoms with van der Waals surface area (Å²) < 4.78 is 22.6. The van der Waals surface area contributed by atoms with Gasteiger partial charge in [0, 0.05) is 13.7 Å². The summed E-state index contributed by atoms with van der Waals surface area (Å²) in [6.07, 6.45) is 0.600. The molecular weight excluding hydrogens is 402 g/mol. The van der Waals surface area contributed by atoms with Gasteiger partial charge in [0.25, 0.3) is 0 Å². The second-order valence-corrected chi connectivity index (χ2v) is 7.42. The summed E-state index contributed by atoms with van der Waals surface area (Å²) in [7, 11) is 4.93. The highest BCUT2D eigenvalue weighted by Gasteiger charge is 2.38. The van der Waals surface area contributed by atoms with Crippen LogP contribution in [0.15, 0.2) is 78.9 Å². The van der Waals surface area contributed by atoms with E-state index >= 15 is 0 Å². The van der Waals surface area contributed by atoms with E-state index in [1.54, 1.807) is 21.3 Å². The Morgan fingerprint density at radius 3 is 1.69 bits per heavy atom. The molecule has 3 aromatic carbocycles. The maximum atomic E-state index is 9.68. The fraction of sp³-hybridized carbons (Fsp3) is 0.296. The van der Waals surface area contributed by atoms with E-state index in [1.165, 1.54) is 0 Å². The molecule has 0 saturated heterocycles. The summed E-state index contributed by atoms with van der Waals surface area (Å²) in [5.41, 5.74) is 1.94. The van der Waals surface area contributed by atoms with Crippen LogP contribution in [0.5, 0.6) is 11.5 Å². The summed E-state index contributed by atoms with van der Waals surface area (Å²) in [6.45, 7) is 0.762. The van der Waals surface area contributed by atoms with Crippen molar-refractivity contribution >= 4 is 0 Å². The standard InChI is InChI=1S/C27H29NO4/c1-29-18-17-21(19-28)20-32-27(22-7-5-4-6-8-22,23-9-13-25(30-2)14-10-23)24-11-15-26(31-3)16-12-24/h4-16,21H,17-18,20H2,1-3H3. The fourth-order valence-electron chi connectivity index (χ4n) is 3.75. The molecule has 3 aromatic rings. The SMILES string of the molecule is COCCC(C#N)COC(c1ccccc1)(c1ccc(OC)cc1)c1ccc(OC)cc1. The summed E-state index contributed by atoms with van der Waals surface area (Å²) >= 11 is 0. The van der Waals surface area contributed by atoms with Crippen LogP contribution < -0.4 is 9.47 Å². The minimum Gasteiger partial charge on any atom is -0.497 e. The number of ether oxygens (including phenoxy) is 4. The lowest BCUT2D eigenvalue weighted by atomic mass is 9.80. The molecule has 166 valence electrons. The van der Waals surface area contributed by atoms with Crippen molar-refractivity contribution in [2.75, 3.05) is 34.5 Å². The van der Waals surface area contributed by atoms with Crippen molar-refractivity contribution in [3.8, 4) is 17.6 Å². The highest BCUT2D eigenvalue weighted by molar-refractivity contribution is 5.49. The zero-order chi connectivity index (χ0) is 22.8. The monoisotopic (exact) mass is 431 g/mol. The predicted octanol–water partition coefficient (Wildman–Crippen LogP) is 5.19. The Kier molecular flexibility index (Phi) is 8.27. The van der Waals surface area contributed by atoms with Crippen LogP contribution in [0.25, 0.3) is 0 Å². The van der Waals surface area contributed by atoms with Crippen molar-refractivity contribution in [1.29, 1.82) is 5.26 Å². The third-order valence-electron chi connectivity index (χ3n) is 5.53. The first-order valence-corrected chi connectivity index (χ1v) is 10.5. The molecule has 5 nitrogen and oxygen atoms in total. The molecular formula is C27H29NO4. The van der Waals surface area contributed by atoms with E-state index < -0.39 is 5.60 Å². The van der Waals surface area contributed by atoms with Crippen LogP contribution in [-0.2, 0) is 15.1 Å². The molecule has 1 unspecified atom stereocenters. The molecule has 0 fully saturated rings. The van der Waals surface area contributed by atoms with Gasteiger partial charge >= 0.3 is 0 Å². The summed E-state index contributed by atoms with van der Waals surface area (Å²) in [6, 6.07) is 28.1. The number of nitriles is 1. The molecule has 0 aliphatic rings. The largest absolute Gasteiger partial charge is 0.497 e. The molecule has 1 atom stereocenters. The van der Waals surface area contributed by atoms with Crippen molar-refractivity contribution in [1.82, 2.24) is 0 Å². The second kappa shape index (κ2) is 11.3. The molecule has 0 bridgehead atoms. The highest BCUT2D eigenvalue weighted by atomic mass is 16.5. The van der Waals surface area contributed by atoms with Crippen molar-refractivity contribution in [3.05, 3.63) is 95.6 Å². The van der Waals surface area contributed by atoms with Crippen LogP contribution in [0.1, 0.15) is 23.1 Å². The Bertz CT molecular complexity index is 947. The van der Waals surface area contributed by atoms with Gasteiger partial charge in [-0.3, -0.25) is 0 Å². The van der Waals surface area contributed by atoms with Gasteiger partial charge in [0.05, 0.1) is 32.8 Å². The Hall–Kier alpha value is -3.33. The number of methoxy groups -OCH3 is 3. The van der Waals surface area contributed by atoms with Gasteiger partial charge in [0.2, 0.25) is 0 Å². The van der Waals surface area contributed by atoms with Crippen molar-refractivity contribution in [2.24, 2.45) is 5.92 Å². The average molecular weight is 432 g/mol. The number of rotatable bonds is 11. The molecule has 0 aromatic heterocycles. The molecule has 0 radical (unpaired) electrons. The molecule has 32 heavy (non-hydrogen) atoms. The number of benzene rings is 3. The third kappa shape index (κ3) is 5.11. The number of nitrogens with zero attached hydrogens (tertiary/aromatic N) is 1. The smallest absolute Gasteiger partial charge is 0.143 e. The van der Waals surface area contributed by atoms with Gasteiger partial charge in [-0.2, -0.15) is 5.26 Å². The summed E-state index contributed by atoms with van der Waals surface area (Å²) in [4.78, 5) is 0. The Morgan fingerprint density at radius 1 is 0.750 bits per heavy atom. The van der Waals surface area contributed by atoms with Gasteiger partial charge in [-0.05, 0) is 47.4 Å². The van der Waals surface area contributed by atoms with E-state index in [9.17, 15) is 5.26 Å². The normalized spacial score (nSPS) is 12.1. The van der Waals surface area contributed by atoms with Crippen LogP contribution in [-0.4, -0.2) is 34.5 Å². The van der Waals surface area contributed by atoms with Gasteiger partial charge in [-0.1, -0.05) is 54.6 Å². The average Bonchev–Trinajstić information content (AvgIpc) is 2.87. The van der Waals surface area contributed by atoms with Crippen LogP contribution >= 0.6 is 0 Å². The lowest BCUT2D eigenvalue weighted by Gasteiger charge is -2.36. The Morgan fingerprint density at radius 2 is 1.25 bits per heavy atom. The first kappa shape index (κ1) is 23.3. The van der Waals surface area contributed by atoms with E-state index in [2.05, 4.69) is 6.07 Å². The molecule has 3 rings (SSSR count). The number of hydrogen-bond donors (Lipinski definition) is 0. The molecule has 0 saturated carbocycles. The minimum atomic E-state index is -0.915. The van der Waals surface area contributed by atoms with Gasteiger partial charge in [-0.25, -0.2) is 0 Å². The third-order valence-corrected chi connectivity index (χ3v) is 5.53. The number of hydrogen-bond acceptors (Lipinski definition) is 5. The fourth-order valence-corrected chi connectivity index (χ4v) is 3.75. The predicted molar refractivity (Wildman–Crippen MR) is 124 cm³/mol. The molecule has 0 amide bonds. The molecule has 0 N–H and O–H groups in total. The first-order valence-electron chi connectivity index (χ1n) is 10.5.